The third-order valence-corrected chi connectivity index (χ3v) is 6.36. The van der Waals surface area contributed by atoms with Gasteiger partial charge < -0.3 is 24.4 Å². The van der Waals surface area contributed by atoms with Gasteiger partial charge in [-0.1, -0.05) is 30.0 Å². The number of anilines is 1. The van der Waals surface area contributed by atoms with Crippen molar-refractivity contribution in [2.75, 3.05) is 43.7 Å². The van der Waals surface area contributed by atoms with Crippen LogP contribution in [0.15, 0.2) is 47.6 Å². The van der Waals surface area contributed by atoms with Crippen LogP contribution in [-0.2, 0) is 16.1 Å². The molecule has 5 rings (SSSR count). The highest BCUT2D eigenvalue weighted by Gasteiger charge is 2.22. The van der Waals surface area contributed by atoms with Crippen molar-refractivity contribution in [1.82, 2.24) is 20.1 Å². The molecule has 172 valence electrons. The fourth-order valence-corrected chi connectivity index (χ4v) is 4.53. The van der Waals surface area contributed by atoms with Crippen molar-refractivity contribution in [2.45, 2.75) is 18.6 Å². The van der Waals surface area contributed by atoms with Crippen molar-refractivity contribution in [3.05, 3.63) is 53.6 Å². The number of rotatable bonds is 7. The van der Waals surface area contributed by atoms with Gasteiger partial charge in [-0.05, 0) is 42.3 Å². The van der Waals surface area contributed by atoms with Crippen LogP contribution in [0, 0.1) is 6.92 Å². The van der Waals surface area contributed by atoms with Crippen LogP contribution >= 0.6 is 11.8 Å². The summed E-state index contributed by atoms with van der Waals surface area (Å²) >= 11 is 1.37. The van der Waals surface area contributed by atoms with Crippen LogP contribution in [0.25, 0.3) is 5.69 Å². The molecule has 0 saturated carbocycles. The molecule has 2 aromatic carbocycles. The molecule has 0 unspecified atom stereocenters. The molecule has 0 atom stereocenters. The lowest BCUT2D eigenvalue weighted by Gasteiger charge is -2.28. The minimum Gasteiger partial charge on any atom is -0.454 e. The second kappa shape index (κ2) is 9.72. The topological polar surface area (TPSA) is 90.7 Å². The first kappa shape index (κ1) is 21.6. The number of hydrogen-bond acceptors (Lipinski definition) is 8. The maximum atomic E-state index is 12.6. The van der Waals surface area contributed by atoms with E-state index in [0.29, 0.717) is 30.7 Å². The van der Waals surface area contributed by atoms with Gasteiger partial charge in [0.2, 0.25) is 18.6 Å². The summed E-state index contributed by atoms with van der Waals surface area (Å²) in [5.41, 5.74) is 3.08. The summed E-state index contributed by atoms with van der Waals surface area (Å²) in [4.78, 5) is 14.7. The zero-order valence-corrected chi connectivity index (χ0v) is 19.1. The van der Waals surface area contributed by atoms with Gasteiger partial charge in [-0.25, -0.2) is 0 Å². The van der Waals surface area contributed by atoms with Gasteiger partial charge in [-0.2, -0.15) is 0 Å². The molecule has 0 bridgehead atoms. The molecule has 0 radical (unpaired) electrons. The van der Waals surface area contributed by atoms with Crippen LogP contribution in [0.4, 0.5) is 5.95 Å². The number of thioether (sulfide) groups is 1. The zero-order valence-electron chi connectivity index (χ0n) is 18.3. The highest BCUT2D eigenvalue weighted by atomic mass is 32.2. The van der Waals surface area contributed by atoms with Crippen molar-refractivity contribution >= 4 is 23.6 Å². The van der Waals surface area contributed by atoms with Gasteiger partial charge in [0.1, 0.15) is 0 Å². The molecule has 3 heterocycles. The summed E-state index contributed by atoms with van der Waals surface area (Å²) in [7, 11) is 0. The molecule has 1 saturated heterocycles. The lowest BCUT2D eigenvalue weighted by atomic mass is 10.2. The van der Waals surface area contributed by atoms with Crippen molar-refractivity contribution in [1.29, 1.82) is 0 Å². The normalized spacial score (nSPS) is 15.0. The smallest absolute Gasteiger partial charge is 0.232 e. The second-order valence-electron chi connectivity index (χ2n) is 7.81. The van der Waals surface area contributed by atoms with Crippen molar-refractivity contribution in [3.8, 4) is 17.2 Å². The molecule has 9 nitrogen and oxygen atoms in total. The summed E-state index contributed by atoms with van der Waals surface area (Å²) in [6.07, 6.45) is 0. The summed E-state index contributed by atoms with van der Waals surface area (Å²) in [5, 5.41) is 12.5. The third kappa shape index (κ3) is 4.91. The highest BCUT2D eigenvalue weighted by molar-refractivity contribution is 7.99. The number of aryl methyl sites for hydroxylation is 1. The number of ether oxygens (including phenoxy) is 3. The molecule has 0 aliphatic carbocycles. The molecule has 1 aromatic heterocycles. The van der Waals surface area contributed by atoms with Gasteiger partial charge in [-0.15, -0.1) is 10.2 Å². The van der Waals surface area contributed by atoms with E-state index in [9.17, 15) is 4.79 Å². The largest absolute Gasteiger partial charge is 0.454 e. The quantitative estimate of drug-likeness (QED) is 0.530. The standard InChI is InChI=1S/C23H25N5O4S/c1-16-3-2-4-18(11-16)28-22(27-7-9-30-10-8-27)25-26-23(28)33-14-21(29)24-13-17-5-6-19-20(12-17)32-15-31-19/h2-6,11-12H,7-10,13-15H2,1H3,(H,24,29). The summed E-state index contributed by atoms with van der Waals surface area (Å²) < 4.78 is 18.2. The Morgan fingerprint density at radius 3 is 2.79 bits per heavy atom. The van der Waals surface area contributed by atoms with Crippen LogP contribution in [0.2, 0.25) is 0 Å². The van der Waals surface area contributed by atoms with E-state index in [-0.39, 0.29) is 18.5 Å². The van der Waals surface area contributed by atoms with E-state index in [4.69, 9.17) is 14.2 Å². The summed E-state index contributed by atoms with van der Waals surface area (Å²) in [5.74, 6) is 2.36. The van der Waals surface area contributed by atoms with E-state index in [0.717, 1.165) is 41.6 Å². The first-order valence-electron chi connectivity index (χ1n) is 10.8. The number of nitrogens with zero attached hydrogens (tertiary/aromatic N) is 4. The molecule has 2 aliphatic rings. The Labute approximate surface area is 196 Å². The fourth-order valence-electron chi connectivity index (χ4n) is 3.75. The summed E-state index contributed by atoms with van der Waals surface area (Å²) in [6, 6.07) is 13.9. The maximum Gasteiger partial charge on any atom is 0.232 e. The number of aromatic nitrogens is 3. The first-order valence-corrected chi connectivity index (χ1v) is 11.8. The van der Waals surface area contributed by atoms with Crippen molar-refractivity contribution < 1.29 is 19.0 Å². The lowest BCUT2D eigenvalue weighted by Crippen LogP contribution is -2.37. The molecule has 33 heavy (non-hydrogen) atoms. The number of fused-ring (bicyclic) bond motifs is 1. The van der Waals surface area contributed by atoms with E-state index >= 15 is 0 Å². The maximum absolute atomic E-state index is 12.6. The molecular formula is C23H25N5O4S. The Morgan fingerprint density at radius 1 is 1.09 bits per heavy atom. The Morgan fingerprint density at radius 2 is 1.94 bits per heavy atom. The number of hydrogen-bond donors (Lipinski definition) is 1. The highest BCUT2D eigenvalue weighted by Crippen LogP contribution is 2.32. The average Bonchev–Trinajstić information content (AvgIpc) is 3.48. The molecule has 2 aliphatic heterocycles. The Hall–Kier alpha value is -3.24. The van der Waals surface area contributed by atoms with Gasteiger partial charge in [0, 0.05) is 19.6 Å². The monoisotopic (exact) mass is 467 g/mol. The number of benzene rings is 2. The minimum absolute atomic E-state index is 0.0793. The van der Waals surface area contributed by atoms with Gasteiger partial charge >= 0.3 is 0 Å². The Bertz CT molecular complexity index is 1150. The summed E-state index contributed by atoms with van der Waals surface area (Å²) in [6.45, 7) is 5.53. The average molecular weight is 468 g/mol. The van der Waals surface area contributed by atoms with Crippen LogP contribution in [-0.4, -0.2) is 59.5 Å². The minimum atomic E-state index is -0.0793. The van der Waals surface area contributed by atoms with E-state index in [2.05, 4.69) is 39.5 Å². The van der Waals surface area contributed by atoms with E-state index in [1.807, 2.05) is 34.9 Å². The third-order valence-electron chi connectivity index (χ3n) is 5.43. The van der Waals surface area contributed by atoms with Crippen LogP contribution in [0.5, 0.6) is 11.5 Å². The van der Waals surface area contributed by atoms with Crippen molar-refractivity contribution in [2.24, 2.45) is 0 Å². The Balaban J connectivity index is 1.27. The second-order valence-corrected chi connectivity index (χ2v) is 8.75. The molecule has 1 amide bonds. The van der Waals surface area contributed by atoms with Gasteiger partial charge in [0.05, 0.1) is 24.7 Å². The van der Waals surface area contributed by atoms with Gasteiger partial charge in [0.25, 0.3) is 0 Å². The van der Waals surface area contributed by atoms with Crippen LogP contribution in [0.3, 0.4) is 0 Å². The molecule has 3 aromatic rings. The van der Waals surface area contributed by atoms with E-state index in [1.54, 1.807) is 0 Å². The number of nitrogens with one attached hydrogen (secondary N) is 1. The molecule has 1 N–H and O–H groups in total. The first-order chi connectivity index (χ1) is 16.2. The van der Waals surface area contributed by atoms with Crippen LogP contribution < -0.4 is 19.7 Å². The zero-order chi connectivity index (χ0) is 22.6. The predicted molar refractivity (Wildman–Crippen MR) is 124 cm³/mol. The van der Waals surface area contributed by atoms with Gasteiger partial charge in [-0.3, -0.25) is 9.36 Å². The number of carbonyl (C=O) groups is 1. The SMILES string of the molecule is Cc1cccc(-n2c(SCC(=O)NCc3ccc4c(c3)OCO4)nnc2N2CCOCC2)c1. The molecule has 1 fully saturated rings. The molecular weight excluding hydrogens is 442 g/mol. The number of morpholine rings is 1. The molecule has 10 heteroatoms. The number of amides is 1. The van der Waals surface area contributed by atoms with E-state index in [1.165, 1.54) is 11.8 Å². The fraction of sp³-hybridized carbons (Fsp3) is 0.348. The van der Waals surface area contributed by atoms with Crippen molar-refractivity contribution in [3.63, 3.8) is 0 Å². The lowest BCUT2D eigenvalue weighted by molar-refractivity contribution is -0.118. The number of carbonyl (C=O) groups excluding carboxylic acids is 1. The van der Waals surface area contributed by atoms with E-state index < -0.39 is 0 Å². The van der Waals surface area contributed by atoms with Gasteiger partial charge in [0.15, 0.2) is 16.7 Å². The Kier molecular flexibility index (Phi) is 6.36. The molecule has 0 spiro atoms. The predicted octanol–water partition coefficient (Wildman–Crippen LogP) is 2.55. The van der Waals surface area contributed by atoms with Crippen LogP contribution in [0.1, 0.15) is 11.1 Å².